The third-order valence-electron chi connectivity index (χ3n) is 6.15. The van der Waals surface area contributed by atoms with Gasteiger partial charge in [0.1, 0.15) is 0 Å². The van der Waals surface area contributed by atoms with Crippen LogP contribution in [0.5, 0.6) is 0 Å². The van der Waals surface area contributed by atoms with E-state index < -0.39 is 11.7 Å². The van der Waals surface area contributed by atoms with Crippen LogP contribution in [0.25, 0.3) is 0 Å². The van der Waals surface area contributed by atoms with Gasteiger partial charge in [-0.2, -0.15) is 13.2 Å². The Kier molecular flexibility index (Phi) is 6.99. The molecule has 4 rings (SSSR count). The summed E-state index contributed by atoms with van der Waals surface area (Å²) in [7, 11) is 0. The second-order valence-electron chi connectivity index (χ2n) is 8.40. The second kappa shape index (κ2) is 9.77. The zero-order valence-corrected chi connectivity index (χ0v) is 18.8. The van der Waals surface area contributed by atoms with Crippen molar-refractivity contribution < 1.29 is 22.8 Å². The van der Waals surface area contributed by atoms with Gasteiger partial charge < -0.3 is 10.2 Å². The predicted molar refractivity (Wildman–Crippen MR) is 122 cm³/mol. The van der Waals surface area contributed by atoms with Crippen molar-refractivity contribution in [1.82, 2.24) is 15.5 Å². The van der Waals surface area contributed by atoms with E-state index in [9.17, 15) is 22.8 Å². The van der Waals surface area contributed by atoms with Crippen molar-refractivity contribution in [2.45, 2.75) is 36.4 Å². The number of carbonyl (C=O) groups is 2. The largest absolute Gasteiger partial charge is 0.416 e. The highest BCUT2D eigenvalue weighted by atomic mass is 32.2. The van der Waals surface area contributed by atoms with Crippen LogP contribution < -0.4 is 10.6 Å². The van der Waals surface area contributed by atoms with Crippen LogP contribution in [0.1, 0.15) is 34.3 Å². The van der Waals surface area contributed by atoms with Gasteiger partial charge in [0.05, 0.1) is 16.5 Å². The molecule has 5 nitrogen and oxygen atoms in total. The number of alkyl halides is 3. The molecule has 2 heterocycles. The SMILES string of the molecule is O=C(NCCc1ccccc1)C1CSC2(CCN(C(=O)c3ccc(C(F)(F)F)cc3)CC2)N1. The molecule has 176 valence electrons. The lowest BCUT2D eigenvalue weighted by Crippen LogP contribution is -2.54. The molecule has 2 saturated heterocycles. The van der Waals surface area contributed by atoms with E-state index in [0.717, 1.165) is 18.6 Å². The number of benzene rings is 2. The molecule has 33 heavy (non-hydrogen) atoms. The first-order valence-corrected chi connectivity index (χ1v) is 11.9. The van der Waals surface area contributed by atoms with Gasteiger partial charge in [0.2, 0.25) is 5.91 Å². The van der Waals surface area contributed by atoms with E-state index in [4.69, 9.17) is 0 Å². The van der Waals surface area contributed by atoms with E-state index in [1.54, 1.807) is 16.7 Å². The highest BCUT2D eigenvalue weighted by Gasteiger charge is 2.44. The third-order valence-corrected chi connectivity index (χ3v) is 7.73. The van der Waals surface area contributed by atoms with Crippen LogP contribution in [0.2, 0.25) is 0 Å². The molecule has 1 atom stereocenters. The van der Waals surface area contributed by atoms with Gasteiger partial charge in [0, 0.05) is 31.0 Å². The maximum Gasteiger partial charge on any atom is 0.416 e. The summed E-state index contributed by atoms with van der Waals surface area (Å²) < 4.78 is 38.2. The van der Waals surface area contributed by atoms with E-state index in [1.165, 1.54) is 17.7 Å². The molecule has 0 aromatic heterocycles. The standard InChI is InChI=1S/C24H26F3N3O2S/c25-24(26,27)19-8-6-18(7-9-19)22(32)30-14-11-23(12-15-30)29-20(16-33-23)21(31)28-13-10-17-4-2-1-3-5-17/h1-9,20,29H,10-16H2,(H,28,31). The molecule has 2 aliphatic heterocycles. The minimum Gasteiger partial charge on any atom is -0.354 e. The maximum absolute atomic E-state index is 12.7. The van der Waals surface area contributed by atoms with Crippen LogP contribution >= 0.6 is 11.8 Å². The summed E-state index contributed by atoms with van der Waals surface area (Å²) in [6.07, 6.45) is -2.29. The maximum atomic E-state index is 12.7. The zero-order chi connectivity index (χ0) is 23.5. The first-order valence-electron chi connectivity index (χ1n) is 11.0. The van der Waals surface area contributed by atoms with Gasteiger partial charge in [0.15, 0.2) is 0 Å². The molecule has 2 fully saturated rings. The minimum atomic E-state index is -4.42. The number of nitrogens with one attached hydrogen (secondary N) is 2. The van der Waals surface area contributed by atoms with Gasteiger partial charge in [-0.3, -0.25) is 14.9 Å². The normalized spacial score (nSPS) is 20.1. The number of hydrogen-bond acceptors (Lipinski definition) is 4. The minimum absolute atomic E-state index is 0.0152. The molecule has 0 aliphatic carbocycles. The summed E-state index contributed by atoms with van der Waals surface area (Å²) in [5, 5.41) is 6.47. The lowest BCUT2D eigenvalue weighted by Gasteiger charge is -2.39. The molecular formula is C24H26F3N3O2S. The number of rotatable bonds is 5. The molecule has 0 bridgehead atoms. The monoisotopic (exact) mass is 477 g/mol. The van der Waals surface area contributed by atoms with E-state index in [0.29, 0.717) is 38.2 Å². The fourth-order valence-corrected chi connectivity index (χ4v) is 5.64. The van der Waals surface area contributed by atoms with Crippen molar-refractivity contribution in [3.8, 4) is 0 Å². The Hall–Kier alpha value is -2.52. The highest BCUT2D eigenvalue weighted by Crippen LogP contribution is 2.39. The average molecular weight is 478 g/mol. The van der Waals surface area contributed by atoms with Crippen LogP contribution in [-0.4, -0.2) is 53.0 Å². The van der Waals surface area contributed by atoms with Gasteiger partial charge in [-0.1, -0.05) is 30.3 Å². The van der Waals surface area contributed by atoms with Gasteiger partial charge in [-0.15, -0.1) is 11.8 Å². The topological polar surface area (TPSA) is 61.4 Å². The lowest BCUT2D eigenvalue weighted by atomic mass is 10.0. The Bertz CT molecular complexity index is 975. The van der Waals surface area contributed by atoms with Gasteiger partial charge >= 0.3 is 6.18 Å². The summed E-state index contributed by atoms with van der Waals surface area (Å²) in [6.45, 7) is 1.55. The number of likely N-dealkylation sites (tertiary alicyclic amines) is 1. The van der Waals surface area contributed by atoms with Crippen molar-refractivity contribution in [3.63, 3.8) is 0 Å². The van der Waals surface area contributed by atoms with Crippen LogP contribution in [0.15, 0.2) is 54.6 Å². The van der Waals surface area contributed by atoms with Crippen LogP contribution in [0.3, 0.4) is 0 Å². The Labute approximate surface area is 195 Å². The first kappa shape index (κ1) is 23.6. The Morgan fingerprint density at radius 3 is 2.36 bits per heavy atom. The number of nitrogens with zero attached hydrogens (tertiary/aromatic N) is 1. The Morgan fingerprint density at radius 1 is 1.06 bits per heavy atom. The van der Waals surface area contributed by atoms with Gasteiger partial charge in [-0.25, -0.2) is 0 Å². The van der Waals surface area contributed by atoms with E-state index >= 15 is 0 Å². The number of hydrogen-bond donors (Lipinski definition) is 2. The molecule has 0 radical (unpaired) electrons. The van der Waals surface area contributed by atoms with E-state index in [2.05, 4.69) is 10.6 Å². The fraction of sp³-hybridized carbons (Fsp3) is 0.417. The molecule has 2 aliphatic rings. The fourth-order valence-electron chi connectivity index (χ4n) is 4.23. The number of thioether (sulfide) groups is 1. The summed E-state index contributed by atoms with van der Waals surface area (Å²) >= 11 is 1.71. The molecule has 2 aromatic carbocycles. The molecule has 2 amide bonds. The number of halogens is 3. The molecule has 9 heteroatoms. The van der Waals surface area contributed by atoms with Crippen LogP contribution in [0, 0.1) is 0 Å². The molecule has 2 N–H and O–H groups in total. The van der Waals surface area contributed by atoms with E-state index in [-0.39, 0.29) is 28.3 Å². The second-order valence-corrected chi connectivity index (χ2v) is 9.80. The molecule has 1 spiro atoms. The predicted octanol–water partition coefficient (Wildman–Crippen LogP) is 3.70. The quantitative estimate of drug-likeness (QED) is 0.690. The van der Waals surface area contributed by atoms with Crippen LogP contribution in [-0.2, 0) is 17.4 Å². The Morgan fingerprint density at radius 2 is 1.73 bits per heavy atom. The molecular weight excluding hydrogens is 451 g/mol. The van der Waals surface area contributed by atoms with Crippen molar-refractivity contribution in [2.24, 2.45) is 0 Å². The number of piperidine rings is 1. The summed E-state index contributed by atoms with van der Waals surface area (Å²) in [5.74, 6) is 0.389. The third kappa shape index (κ3) is 5.70. The Balaban J connectivity index is 1.25. The number of amides is 2. The van der Waals surface area contributed by atoms with Gasteiger partial charge in [-0.05, 0) is 49.1 Å². The molecule has 1 unspecified atom stereocenters. The number of carbonyl (C=O) groups excluding carboxylic acids is 2. The molecule has 0 saturated carbocycles. The summed E-state index contributed by atoms with van der Waals surface area (Å²) in [6, 6.07) is 14.0. The lowest BCUT2D eigenvalue weighted by molar-refractivity contribution is -0.137. The molecule has 2 aromatic rings. The smallest absolute Gasteiger partial charge is 0.354 e. The highest BCUT2D eigenvalue weighted by molar-refractivity contribution is 8.01. The van der Waals surface area contributed by atoms with Crippen LogP contribution in [0.4, 0.5) is 13.2 Å². The van der Waals surface area contributed by atoms with Crippen molar-refractivity contribution in [1.29, 1.82) is 0 Å². The average Bonchev–Trinajstić information content (AvgIpc) is 3.23. The first-order chi connectivity index (χ1) is 15.8. The van der Waals surface area contributed by atoms with Gasteiger partial charge in [0.25, 0.3) is 5.91 Å². The summed E-state index contributed by atoms with van der Waals surface area (Å²) in [4.78, 5) is 26.7. The van der Waals surface area contributed by atoms with Crippen molar-refractivity contribution >= 4 is 23.6 Å². The summed E-state index contributed by atoms with van der Waals surface area (Å²) in [5.41, 5.74) is 0.658. The van der Waals surface area contributed by atoms with E-state index in [1.807, 2.05) is 30.3 Å². The van der Waals surface area contributed by atoms with Crippen molar-refractivity contribution in [3.05, 3.63) is 71.3 Å². The zero-order valence-electron chi connectivity index (χ0n) is 18.0. The van der Waals surface area contributed by atoms with Crippen molar-refractivity contribution in [2.75, 3.05) is 25.4 Å².